The molecule has 1 fully saturated rings. The van der Waals surface area contributed by atoms with E-state index in [1.165, 1.54) is 42.7 Å². The number of anilines is 1. The highest BCUT2D eigenvalue weighted by Crippen LogP contribution is 2.58. The predicted octanol–water partition coefficient (Wildman–Crippen LogP) is 6.57. The number of thioether (sulfide) groups is 1. The van der Waals surface area contributed by atoms with Crippen LogP contribution in [-0.2, 0) is 17.4 Å². The van der Waals surface area contributed by atoms with E-state index in [-0.39, 0.29) is 5.97 Å². The van der Waals surface area contributed by atoms with Crippen molar-refractivity contribution in [3.8, 4) is 11.6 Å². The van der Waals surface area contributed by atoms with E-state index in [0.717, 1.165) is 41.2 Å². The first-order valence-corrected chi connectivity index (χ1v) is 14.0. The molecule has 0 N–H and O–H groups in total. The lowest BCUT2D eigenvalue weighted by Gasteiger charge is -2.37. The van der Waals surface area contributed by atoms with Gasteiger partial charge in [-0.25, -0.2) is 9.48 Å². The van der Waals surface area contributed by atoms with Gasteiger partial charge in [-0.15, -0.1) is 11.8 Å². The van der Waals surface area contributed by atoms with Crippen molar-refractivity contribution in [3.63, 3.8) is 0 Å². The summed E-state index contributed by atoms with van der Waals surface area (Å²) in [6.07, 6.45) is 6.39. The third kappa shape index (κ3) is 3.39. The number of aryl methyl sites for hydroxylation is 2. The molecular formula is C29H33N3O3S. The molecule has 0 saturated heterocycles. The van der Waals surface area contributed by atoms with Crippen molar-refractivity contribution in [3.05, 3.63) is 64.3 Å². The van der Waals surface area contributed by atoms with Gasteiger partial charge < -0.3 is 14.4 Å². The molecule has 3 heterocycles. The summed E-state index contributed by atoms with van der Waals surface area (Å²) in [5, 5.41) is 5.28. The number of aromatic nitrogens is 2. The van der Waals surface area contributed by atoms with Crippen LogP contribution in [0.5, 0.6) is 11.6 Å². The zero-order chi connectivity index (χ0) is 25.0. The van der Waals surface area contributed by atoms with Gasteiger partial charge in [0.2, 0.25) is 5.88 Å². The minimum atomic E-state index is -1.07. The molecule has 1 aliphatic carbocycles. The SMILES string of the molecule is CCN(CC)c1cc2c(cc1SC1CCCCC1)C1(OC(=O)c3ccccc31)c1c(C)nn(C)c1O2. The summed E-state index contributed by atoms with van der Waals surface area (Å²) in [7, 11) is 1.88. The molecule has 1 saturated carbocycles. The molecule has 6 rings (SSSR count). The van der Waals surface area contributed by atoms with E-state index >= 15 is 0 Å². The molecule has 3 aromatic rings. The summed E-state index contributed by atoms with van der Waals surface area (Å²) in [5.41, 5.74) is 4.09. The fraction of sp³-hybridized carbons (Fsp3) is 0.448. The van der Waals surface area contributed by atoms with Gasteiger partial charge in [-0.1, -0.05) is 37.5 Å². The first kappa shape index (κ1) is 23.5. The molecule has 1 atom stereocenters. The van der Waals surface area contributed by atoms with Gasteiger partial charge in [0.15, 0.2) is 5.60 Å². The molecule has 2 aromatic carbocycles. The third-order valence-corrected chi connectivity index (χ3v) is 9.28. The average Bonchev–Trinajstić information content (AvgIpc) is 3.34. The van der Waals surface area contributed by atoms with Crippen LogP contribution in [0.2, 0.25) is 0 Å². The second-order valence-corrected chi connectivity index (χ2v) is 11.3. The monoisotopic (exact) mass is 503 g/mol. The smallest absolute Gasteiger partial charge is 0.340 e. The van der Waals surface area contributed by atoms with Gasteiger partial charge in [-0.2, -0.15) is 5.10 Å². The number of fused-ring (bicyclic) bond motifs is 6. The van der Waals surface area contributed by atoms with E-state index in [1.54, 1.807) is 4.68 Å². The molecule has 0 amide bonds. The number of benzene rings is 2. The minimum Gasteiger partial charge on any atom is -0.440 e. The number of esters is 1. The highest BCUT2D eigenvalue weighted by Gasteiger charge is 2.56. The largest absolute Gasteiger partial charge is 0.440 e. The summed E-state index contributed by atoms with van der Waals surface area (Å²) in [5.74, 6) is 1.05. The Hall–Kier alpha value is -2.93. The number of hydrogen-bond donors (Lipinski definition) is 0. The molecule has 2 aliphatic heterocycles. The Bertz CT molecular complexity index is 1340. The highest BCUT2D eigenvalue weighted by molar-refractivity contribution is 8.00. The maximum atomic E-state index is 13.2. The van der Waals surface area contributed by atoms with E-state index in [4.69, 9.17) is 9.47 Å². The summed E-state index contributed by atoms with van der Waals surface area (Å²) < 4.78 is 14.7. The molecule has 0 bridgehead atoms. The Balaban J connectivity index is 1.61. The van der Waals surface area contributed by atoms with Crippen molar-refractivity contribution in [2.24, 2.45) is 7.05 Å². The van der Waals surface area contributed by atoms with E-state index in [9.17, 15) is 4.79 Å². The number of hydrogen-bond acceptors (Lipinski definition) is 6. The van der Waals surface area contributed by atoms with Gasteiger partial charge >= 0.3 is 5.97 Å². The van der Waals surface area contributed by atoms with Crippen LogP contribution in [0.4, 0.5) is 5.69 Å². The van der Waals surface area contributed by atoms with Crippen LogP contribution in [0, 0.1) is 6.92 Å². The molecule has 36 heavy (non-hydrogen) atoms. The summed E-state index contributed by atoms with van der Waals surface area (Å²) >= 11 is 1.98. The molecular weight excluding hydrogens is 470 g/mol. The standard InChI is InChI=1S/C29H33N3O3S/c1-5-32(6-2)23-17-24-22(16-25(23)36-19-12-8-7-9-13-19)29(26-18(3)30-31(4)27(26)34-24)21-15-11-10-14-20(21)28(33)35-29/h10-11,14-17,19H,5-9,12-13H2,1-4H3. The maximum Gasteiger partial charge on any atom is 0.340 e. The summed E-state index contributed by atoms with van der Waals surface area (Å²) in [4.78, 5) is 16.9. The lowest BCUT2D eigenvalue weighted by atomic mass is 9.78. The van der Waals surface area contributed by atoms with Gasteiger partial charge in [-0.3, -0.25) is 0 Å². The molecule has 1 spiro atoms. The first-order chi connectivity index (χ1) is 17.5. The fourth-order valence-corrected chi connectivity index (χ4v) is 7.60. The Labute approximate surface area is 217 Å². The van der Waals surface area contributed by atoms with Crippen LogP contribution in [0.25, 0.3) is 0 Å². The third-order valence-electron chi connectivity index (χ3n) is 7.89. The van der Waals surface area contributed by atoms with Crippen molar-refractivity contribution >= 4 is 23.4 Å². The van der Waals surface area contributed by atoms with Crippen LogP contribution >= 0.6 is 11.8 Å². The zero-order valence-corrected chi connectivity index (χ0v) is 22.3. The fourth-order valence-electron chi connectivity index (χ4n) is 6.18. The molecule has 7 heteroatoms. The van der Waals surface area contributed by atoms with Gasteiger partial charge in [0.25, 0.3) is 0 Å². The number of carbonyl (C=O) groups is 1. The van der Waals surface area contributed by atoms with Crippen LogP contribution in [0.15, 0.2) is 41.3 Å². The maximum absolute atomic E-state index is 13.2. The molecule has 1 unspecified atom stereocenters. The topological polar surface area (TPSA) is 56.6 Å². The van der Waals surface area contributed by atoms with E-state index in [1.807, 2.05) is 50.0 Å². The van der Waals surface area contributed by atoms with Crippen LogP contribution < -0.4 is 9.64 Å². The number of rotatable bonds is 5. The zero-order valence-electron chi connectivity index (χ0n) is 21.5. The van der Waals surface area contributed by atoms with E-state index in [2.05, 4.69) is 36.0 Å². The number of ether oxygens (including phenoxy) is 2. The average molecular weight is 504 g/mol. The van der Waals surface area contributed by atoms with Gasteiger partial charge in [-0.05, 0) is 45.7 Å². The lowest BCUT2D eigenvalue weighted by Crippen LogP contribution is -2.34. The Morgan fingerprint density at radius 3 is 2.61 bits per heavy atom. The van der Waals surface area contributed by atoms with Crippen molar-refractivity contribution in [1.82, 2.24) is 9.78 Å². The van der Waals surface area contributed by atoms with Crippen LogP contribution in [0.1, 0.15) is 78.7 Å². The quantitative estimate of drug-likeness (QED) is 0.367. The summed E-state index contributed by atoms with van der Waals surface area (Å²) in [6.45, 7) is 8.17. The highest BCUT2D eigenvalue weighted by atomic mass is 32.2. The Kier molecular flexibility index (Phi) is 5.78. The van der Waals surface area contributed by atoms with Gasteiger partial charge in [0, 0.05) is 47.5 Å². The van der Waals surface area contributed by atoms with Gasteiger partial charge in [0.1, 0.15) is 5.75 Å². The minimum absolute atomic E-state index is 0.304. The Morgan fingerprint density at radius 2 is 1.86 bits per heavy atom. The van der Waals surface area contributed by atoms with Crippen molar-refractivity contribution in [2.75, 3.05) is 18.0 Å². The normalized spacial score (nSPS) is 20.5. The number of carbonyl (C=O) groups excluding carboxylic acids is 1. The second-order valence-electron chi connectivity index (χ2n) is 9.97. The number of nitrogens with zero attached hydrogens (tertiary/aromatic N) is 3. The first-order valence-electron chi connectivity index (χ1n) is 13.1. The molecule has 1 aromatic heterocycles. The predicted molar refractivity (Wildman–Crippen MR) is 142 cm³/mol. The van der Waals surface area contributed by atoms with Gasteiger partial charge in [0.05, 0.1) is 22.5 Å². The second kappa shape index (κ2) is 8.87. The van der Waals surface area contributed by atoms with Crippen LogP contribution in [0.3, 0.4) is 0 Å². The Morgan fingerprint density at radius 1 is 1.11 bits per heavy atom. The van der Waals surface area contributed by atoms with E-state index < -0.39 is 5.60 Å². The summed E-state index contributed by atoms with van der Waals surface area (Å²) in [6, 6.07) is 12.1. The molecule has 6 nitrogen and oxygen atoms in total. The lowest BCUT2D eigenvalue weighted by molar-refractivity contribution is 0.0220. The van der Waals surface area contributed by atoms with Crippen molar-refractivity contribution in [1.29, 1.82) is 0 Å². The van der Waals surface area contributed by atoms with Crippen molar-refractivity contribution < 1.29 is 14.3 Å². The van der Waals surface area contributed by atoms with E-state index in [0.29, 0.717) is 16.7 Å². The molecule has 3 aliphatic rings. The molecule has 0 radical (unpaired) electrons. The molecule has 188 valence electrons. The van der Waals surface area contributed by atoms with Crippen LogP contribution in [-0.4, -0.2) is 34.1 Å². The van der Waals surface area contributed by atoms with Crippen molar-refractivity contribution in [2.45, 2.75) is 68.6 Å².